The van der Waals surface area contributed by atoms with Gasteiger partial charge >= 0.3 is 0 Å². The molecular weight excluding hydrogens is 360 g/mol. The van der Waals surface area contributed by atoms with Crippen LogP contribution < -0.4 is 9.86 Å². The SMILES string of the molecule is Cc1cc(Cl)ccc1S(=O)(=O)Nc1ccc(CS(N)(=O)=O)cc1. The zero-order valence-corrected chi connectivity index (χ0v) is 14.5. The van der Waals surface area contributed by atoms with Crippen LogP contribution in [0.25, 0.3) is 0 Å². The molecule has 0 bridgehead atoms. The monoisotopic (exact) mass is 374 g/mol. The van der Waals surface area contributed by atoms with Crippen molar-refractivity contribution >= 4 is 37.3 Å². The Bertz CT molecular complexity index is 924. The highest BCUT2D eigenvalue weighted by molar-refractivity contribution is 7.92. The van der Waals surface area contributed by atoms with E-state index in [0.29, 0.717) is 21.8 Å². The molecule has 0 saturated carbocycles. The number of hydrogen-bond donors (Lipinski definition) is 2. The molecule has 0 aliphatic carbocycles. The maximum Gasteiger partial charge on any atom is 0.262 e. The molecule has 0 spiro atoms. The molecule has 0 aliphatic heterocycles. The quantitative estimate of drug-likeness (QED) is 0.836. The van der Waals surface area contributed by atoms with Crippen LogP contribution in [0, 0.1) is 6.92 Å². The van der Waals surface area contributed by atoms with Crippen molar-refractivity contribution in [1.82, 2.24) is 0 Å². The number of benzene rings is 2. The number of sulfonamides is 2. The first kappa shape index (κ1) is 17.7. The highest BCUT2D eigenvalue weighted by atomic mass is 35.5. The van der Waals surface area contributed by atoms with E-state index in [4.69, 9.17) is 16.7 Å². The normalized spacial score (nSPS) is 12.1. The Balaban J connectivity index is 2.24. The van der Waals surface area contributed by atoms with Crippen molar-refractivity contribution in [3.8, 4) is 0 Å². The summed E-state index contributed by atoms with van der Waals surface area (Å²) >= 11 is 5.82. The predicted octanol–water partition coefficient (Wildman–Crippen LogP) is 2.24. The minimum Gasteiger partial charge on any atom is -0.280 e. The lowest BCUT2D eigenvalue weighted by molar-refractivity contribution is 0.596. The van der Waals surface area contributed by atoms with E-state index in [1.54, 1.807) is 13.0 Å². The maximum absolute atomic E-state index is 12.4. The van der Waals surface area contributed by atoms with Gasteiger partial charge in [0.1, 0.15) is 0 Å². The number of primary sulfonamides is 1. The molecule has 0 amide bonds. The first-order valence-electron chi connectivity index (χ1n) is 6.45. The molecule has 0 fully saturated rings. The van der Waals surface area contributed by atoms with Gasteiger partial charge < -0.3 is 0 Å². The number of halogens is 1. The molecule has 23 heavy (non-hydrogen) atoms. The number of nitrogens with one attached hydrogen (secondary N) is 1. The topological polar surface area (TPSA) is 106 Å². The lowest BCUT2D eigenvalue weighted by atomic mass is 10.2. The van der Waals surface area contributed by atoms with Crippen molar-refractivity contribution in [1.29, 1.82) is 0 Å². The summed E-state index contributed by atoms with van der Waals surface area (Å²) in [5.74, 6) is -0.309. The lowest BCUT2D eigenvalue weighted by Gasteiger charge is -2.11. The summed E-state index contributed by atoms with van der Waals surface area (Å²) in [5.41, 5.74) is 1.31. The fraction of sp³-hybridized carbons (Fsp3) is 0.143. The number of hydrogen-bond acceptors (Lipinski definition) is 4. The summed E-state index contributed by atoms with van der Waals surface area (Å²) < 4.78 is 49.2. The third-order valence-electron chi connectivity index (χ3n) is 3.00. The smallest absolute Gasteiger partial charge is 0.262 e. The molecular formula is C14H15ClN2O4S2. The van der Waals surface area contributed by atoms with Crippen LogP contribution in [0.2, 0.25) is 5.02 Å². The molecule has 2 aromatic carbocycles. The molecule has 0 heterocycles. The van der Waals surface area contributed by atoms with Crippen molar-refractivity contribution < 1.29 is 16.8 Å². The first-order chi connectivity index (χ1) is 10.6. The molecule has 0 saturated heterocycles. The van der Waals surface area contributed by atoms with Crippen LogP contribution in [0.5, 0.6) is 0 Å². The number of nitrogens with two attached hydrogens (primary N) is 1. The molecule has 0 atom stereocenters. The van der Waals surface area contributed by atoms with Gasteiger partial charge in [-0.25, -0.2) is 22.0 Å². The Morgan fingerprint density at radius 3 is 2.17 bits per heavy atom. The van der Waals surface area contributed by atoms with Gasteiger partial charge in [0.25, 0.3) is 10.0 Å². The van der Waals surface area contributed by atoms with Crippen molar-refractivity contribution in [2.75, 3.05) is 4.72 Å². The molecule has 2 aromatic rings. The molecule has 0 unspecified atom stereocenters. The summed E-state index contributed by atoms with van der Waals surface area (Å²) in [7, 11) is -7.39. The van der Waals surface area contributed by atoms with Crippen LogP contribution in [0.4, 0.5) is 5.69 Å². The summed E-state index contributed by atoms with van der Waals surface area (Å²) in [6, 6.07) is 10.4. The van der Waals surface area contributed by atoms with Crippen molar-refractivity contribution in [3.05, 3.63) is 58.6 Å². The van der Waals surface area contributed by atoms with Gasteiger partial charge in [-0.05, 0) is 48.4 Å². The number of rotatable bonds is 5. The highest BCUT2D eigenvalue weighted by Gasteiger charge is 2.17. The standard InChI is InChI=1S/C14H15ClN2O4S2/c1-10-8-12(15)4-7-14(10)23(20,21)17-13-5-2-11(3-6-13)9-22(16,18)19/h2-8,17H,9H2,1H3,(H2,16,18,19). The van der Waals surface area contributed by atoms with E-state index in [-0.39, 0.29) is 10.6 Å². The van der Waals surface area contributed by atoms with Crippen molar-refractivity contribution in [3.63, 3.8) is 0 Å². The second kappa shape index (κ2) is 6.48. The van der Waals surface area contributed by atoms with E-state index in [2.05, 4.69) is 4.72 Å². The Hall–Kier alpha value is -1.61. The average Bonchev–Trinajstić information content (AvgIpc) is 2.38. The zero-order valence-electron chi connectivity index (χ0n) is 12.2. The minimum atomic E-state index is -3.76. The molecule has 0 aliphatic rings. The Labute approximate surface area is 140 Å². The Kier molecular flexibility index (Phi) is 5.00. The Morgan fingerprint density at radius 2 is 1.65 bits per heavy atom. The van der Waals surface area contributed by atoms with E-state index < -0.39 is 20.0 Å². The van der Waals surface area contributed by atoms with Gasteiger partial charge in [0.2, 0.25) is 10.0 Å². The second-order valence-electron chi connectivity index (χ2n) is 5.02. The average molecular weight is 375 g/mol. The summed E-state index contributed by atoms with van der Waals surface area (Å²) in [6.07, 6.45) is 0. The molecule has 6 nitrogen and oxygen atoms in total. The molecule has 2 rings (SSSR count). The largest absolute Gasteiger partial charge is 0.280 e. The van der Waals surface area contributed by atoms with E-state index in [1.165, 1.54) is 36.4 Å². The second-order valence-corrected chi connectivity index (χ2v) is 8.72. The van der Waals surface area contributed by atoms with Crippen LogP contribution in [-0.2, 0) is 25.8 Å². The van der Waals surface area contributed by atoms with Crippen LogP contribution >= 0.6 is 11.6 Å². The van der Waals surface area contributed by atoms with Crippen molar-refractivity contribution in [2.24, 2.45) is 5.14 Å². The number of anilines is 1. The van der Waals surface area contributed by atoms with Crippen LogP contribution in [-0.4, -0.2) is 16.8 Å². The predicted molar refractivity (Wildman–Crippen MR) is 90.3 cm³/mol. The minimum absolute atomic E-state index is 0.121. The zero-order chi connectivity index (χ0) is 17.3. The third kappa shape index (κ3) is 4.93. The molecule has 3 N–H and O–H groups in total. The van der Waals surface area contributed by atoms with Gasteiger partial charge in [-0.15, -0.1) is 0 Å². The van der Waals surface area contributed by atoms with Gasteiger partial charge in [-0.3, -0.25) is 4.72 Å². The lowest BCUT2D eigenvalue weighted by Crippen LogP contribution is -2.15. The highest BCUT2D eigenvalue weighted by Crippen LogP contribution is 2.22. The Morgan fingerprint density at radius 1 is 1.04 bits per heavy atom. The molecule has 0 aromatic heterocycles. The number of aryl methyl sites for hydroxylation is 1. The third-order valence-corrected chi connectivity index (χ3v) is 5.51. The van der Waals surface area contributed by atoms with E-state index in [0.717, 1.165) is 0 Å². The van der Waals surface area contributed by atoms with Gasteiger partial charge in [0.05, 0.1) is 10.6 Å². The maximum atomic E-state index is 12.4. The molecule has 0 radical (unpaired) electrons. The first-order valence-corrected chi connectivity index (χ1v) is 10.0. The van der Waals surface area contributed by atoms with Gasteiger partial charge in [0.15, 0.2) is 0 Å². The van der Waals surface area contributed by atoms with Crippen LogP contribution in [0.1, 0.15) is 11.1 Å². The summed E-state index contributed by atoms with van der Waals surface area (Å²) in [4.78, 5) is 0.121. The van der Waals surface area contributed by atoms with Crippen molar-refractivity contribution in [2.45, 2.75) is 17.6 Å². The fourth-order valence-electron chi connectivity index (χ4n) is 2.03. The van der Waals surface area contributed by atoms with E-state index in [9.17, 15) is 16.8 Å². The molecule has 9 heteroatoms. The van der Waals surface area contributed by atoms with Gasteiger partial charge in [-0.2, -0.15) is 0 Å². The van der Waals surface area contributed by atoms with E-state index in [1.807, 2.05) is 0 Å². The molecule has 124 valence electrons. The van der Waals surface area contributed by atoms with Gasteiger partial charge in [-0.1, -0.05) is 23.7 Å². The van der Waals surface area contributed by atoms with Crippen LogP contribution in [0.15, 0.2) is 47.4 Å². The van der Waals surface area contributed by atoms with E-state index >= 15 is 0 Å². The summed E-state index contributed by atoms with van der Waals surface area (Å²) in [6.45, 7) is 1.65. The fourth-order valence-corrected chi connectivity index (χ4v) is 4.20. The van der Waals surface area contributed by atoms with Crippen LogP contribution in [0.3, 0.4) is 0 Å². The summed E-state index contributed by atoms with van der Waals surface area (Å²) in [5, 5.41) is 5.41. The van der Waals surface area contributed by atoms with Gasteiger partial charge in [0, 0.05) is 10.7 Å².